The minimum Gasteiger partial charge on any atom is -0.103 e. The molecule has 0 aliphatic rings. The molecule has 1 heteroatoms. The predicted octanol–water partition coefficient (Wildman–Crippen LogP) is 3.35. The van der Waals surface area contributed by atoms with Gasteiger partial charge in [0, 0.05) is 0 Å². The number of hydrogen-bond acceptors (Lipinski definition) is 0. The maximum absolute atomic E-state index is 6.12. The second-order valence-corrected chi connectivity index (χ2v) is 3.51. The van der Waals surface area contributed by atoms with E-state index in [0.29, 0.717) is 5.92 Å². The summed E-state index contributed by atoms with van der Waals surface area (Å²) >= 11 is 0. The lowest BCUT2D eigenvalue weighted by Crippen LogP contribution is -2.19. The molecule has 0 saturated heterocycles. The fourth-order valence-corrected chi connectivity index (χ4v) is 1.70. The molecule has 0 bridgehead atoms. The van der Waals surface area contributed by atoms with Crippen LogP contribution in [0.1, 0.15) is 40.0 Å². The predicted molar refractivity (Wildman–Crippen MR) is 53.0 cm³/mol. The van der Waals surface area contributed by atoms with Gasteiger partial charge < -0.3 is 0 Å². The van der Waals surface area contributed by atoms with E-state index in [-0.39, 0.29) is 5.31 Å². The third kappa shape index (κ3) is 3.13. The van der Waals surface area contributed by atoms with Crippen molar-refractivity contribution in [3.05, 3.63) is 12.7 Å². The molecule has 0 rings (SSSR count). The summed E-state index contributed by atoms with van der Waals surface area (Å²) in [5.41, 5.74) is 0. The smallest absolute Gasteiger partial charge is 0.0750 e. The average molecular weight is 150 g/mol. The highest BCUT2D eigenvalue weighted by Gasteiger charge is 2.24. The van der Waals surface area contributed by atoms with Crippen LogP contribution in [-0.2, 0) is 0 Å². The largest absolute Gasteiger partial charge is 0.103 e. The fraction of sp³-hybridized carbons (Fsp3) is 0.800. The van der Waals surface area contributed by atoms with Gasteiger partial charge in [0.1, 0.15) is 0 Å². The van der Waals surface area contributed by atoms with Crippen molar-refractivity contribution >= 4 is 7.85 Å². The van der Waals surface area contributed by atoms with E-state index in [9.17, 15) is 0 Å². The van der Waals surface area contributed by atoms with Crippen LogP contribution in [0.15, 0.2) is 12.7 Å². The van der Waals surface area contributed by atoms with E-state index in [1.807, 2.05) is 6.08 Å². The Labute approximate surface area is 72.5 Å². The van der Waals surface area contributed by atoms with Crippen molar-refractivity contribution < 1.29 is 0 Å². The molecule has 0 spiro atoms. The van der Waals surface area contributed by atoms with Gasteiger partial charge in [-0.3, -0.25) is 0 Å². The van der Waals surface area contributed by atoms with Gasteiger partial charge in [-0.05, 0) is 12.3 Å². The molecule has 0 aliphatic carbocycles. The van der Waals surface area contributed by atoms with Crippen LogP contribution in [0.25, 0.3) is 0 Å². The van der Waals surface area contributed by atoms with Crippen LogP contribution in [0.2, 0.25) is 5.31 Å². The molecule has 0 amide bonds. The molecule has 0 N–H and O–H groups in total. The van der Waals surface area contributed by atoms with Crippen LogP contribution in [0.3, 0.4) is 0 Å². The van der Waals surface area contributed by atoms with E-state index < -0.39 is 0 Å². The molecule has 0 saturated carbocycles. The van der Waals surface area contributed by atoms with Crippen LogP contribution in [0.4, 0.5) is 0 Å². The normalized spacial score (nSPS) is 16.4. The lowest BCUT2D eigenvalue weighted by atomic mass is 9.58. The molecule has 1 atom stereocenters. The Morgan fingerprint density at radius 2 is 1.91 bits per heavy atom. The second-order valence-electron chi connectivity index (χ2n) is 3.51. The zero-order valence-electron chi connectivity index (χ0n) is 8.06. The minimum absolute atomic E-state index is 0.0503. The van der Waals surface area contributed by atoms with E-state index in [1.54, 1.807) is 0 Å². The van der Waals surface area contributed by atoms with E-state index in [2.05, 4.69) is 27.4 Å². The van der Waals surface area contributed by atoms with Crippen molar-refractivity contribution in [2.24, 2.45) is 5.92 Å². The SMILES string of the molecule is [B]C(C)(CC=C)C(CC)CC. The van der Waals surface area contributed by atoms with Crippen LogP contribution >= 0.6 is 0 Å². The topological polar surface area (TPSA) is 0 Å². The summed E-state index contributed by atoms with van der Waals surface area (Å²) in [5.74, 6) is 0.625. The zero-order chi connectivity index (χ0) is 8.91. The standard InChI is InChI=1S/C10H19B/c1-5-8-10(4,11)9(6-2)7-3/h5,9H,1,6-8H2,2-4H3. The van der Waals surface area contributed by atoms with Crippen LogP contribution in [0.5, 0.6) is 0 Å². The first-order valence-corrected chi connectivity index (χ1v) is 4.48. The molecular weight excluding hydrogens is 131 g/mol. The molecule has 0 aromatic heterocycles. The number of rotatable bonds is 5. The highest BCUT2D eigenvalue weighted by Crippen LogP contribution is 2.39. The molecule has 0 aliphatic heterocycles. The van der Waals surface area contributed by atoms with Crippen molar-refractivity contribution in [3.8, 4) is 0 Å². The van der Waals surface area contributed by atoms with E-state index in [0.717, 1.165) is 19.3 Å². The van der Waals surface area contributed by atoms with Gasteiger partial charge in [-0.1, -0.05) is 45.0 Å². The Hall–Kier alpha value is -0.195. The number of hydrogen-bond donors (Lipinski definition) is 0. The van der Waals surface area contributed by atoms with Gasteiger partial charge >= 0.3 is 0 Å². The highest BCUT2D eigenvalue weighted by molar-refractivity contribution is 6.15. The Bertz CT molecular complexity index is 112. The van der Waals surface area contributed by atoms with E-state index in [1.165, 1.54) is 0 Å². The lowest BCUT2D eigenvalue weighted by molar-refractivity contribution is 0.359. The molecule has 0 fully saturated rings. The van der Waals surface area contributed by atoms with Gasteiger partial charge in [-0.2, -0.15) is 0 Å². The third-order valence-electron chi connectivity index (χ3n) is 2.50. The van der Waals surface area contributed by atoms with Crippen molar-refractivity contribution in [2.45, 2.75) is 45.3 Å². The van der Waals surface area contributed by atoms with Gasteiger partial charge in [0.2, 0.25) is 0 Å². The van der Waals surface area contributed by atoms with Gasteiger partial charge in [0.05, 0.1) is 7.85 Å². The summed E-state index contributed by atoms with van der Waals surface area (Å²) in [7, 11) is 6.12. The first kappa shape index (κ1) is 10.8. The summed E-state index contributed by atoms with van der Waals surface area (Å²) < 4.78 is 0. The van der Waals surface area contributed by atoms with Crippen molar-refractivity contribution in [1.29, 1.82) is 0 Å². The quantitative estimate of drug-likeness (QED) is 0.416. The van der Waals surface area contributed by atoms with Crippen molar-refractivity contribution in [1.82, 2.24) is 0 Å². The molecule has 2 radical (unpaired) electrons. The van der Waals surface area contributed by atoms with Crippen molar-refractivity contribution in [3.63, 3.8) is 0 Å². The van der Waals surface area contributed by atoms with Gasteiger partial charge in [0.15, 0.2) is 0 Å². The summed E-state index contributed by atoms with van der Waals surface area (Å²) in [4.78, 5) is 0. The first-order chi connectivity index (χ1) is 5.08. The minimum atomic E-state index is -0.0503. The number of allylic oxidation sites excluding steroid dienone is 1. The van der Waals surface area contributed by atoms with Crippen LogP contribution in [0, 0.1) is 5.92 Å². The Balaban J connectivity index is 4.10. The van der Waals surface area contributed by atoms with Gasteiger partial charge in [0.25, 0.3) is 0 Å². The van der Waals surface area contributed by atoms with Gasteiger partial charge in [-0.15, -0.1) is 6.58 Å². The van der Waals surface area contributed by atoms with Gasteiger partial charge in [-0.25, -0.2) is 0 Å². The summed E-state index contributed by atoms with van der Waals surface area (Å²) in [6, 6.07) is 0. The molecule has 0 aromatic carbocycles. The monoisotopic (exact) mass is 150 g/mol. The van der Waals surface area contributed by atoms with E-state index in [4.69, 9.17) is 7.85 Å². The zero-order valence-corrected chi connectivity index (χ0v) is 8.06. The average Bonchev–Trinajstić information content (AvgIpc) is 1.89. The fourth-order valence-electron chi connectivity index (χ4n) is 1.70. The van der Waals surface area contributed by atoms with Crippen molar-refractivity contribution in [2.75, 3.05) is 0 Å². The third-order valence-corrected chi connectivity index (χ3v) is 2.50. The molecule has 1 unspecified atom stereocenters. The highest BCUT2D eigenvalue weighted by atomic mass is 14.2. The Morgan fingerprint density at radius 1 is 1.45 bits per heavy atom. The summed E-state index contributed by atoms with van der Waals surface area (Å²) in [6.45, 7) is 10.2. The molecule has 0 aromatic rings. The molecule has 0 heterocycles. The Morgan fingerprint density at radius 3 is 2.18 bits per heavy atom. The Kier molecular flexibility index (Phi) is 4.55. The molecule has 0 nitrogen and oxygen atoms in total. The maximum Gasteiger partial charge on any atom is 0.0750 e. The van der Waals surface area contributed by atoms with Crippen LogP contribution in [-0.4, -0.2) is 7.85 Å². The second kappa shape index (κ2) is 4.64. The molecule has 11 heavy (non-hydrogen) atoms. The van der Waals surface area contributed by atoms with Crippen LogP contribution < -0.4 is 0 Å². The lowest BCUT2D eigenvalue weighted by Gasteiger charge is -2.32. The molecule has 62 valence electrons. The summed E-state index contributed by atoms with van der Waals surface area (Å²) in [5, 5.41) is -0.0503. The maximum atomic E-state index is 6.12. The summed E-state index contributed by atoms with van der Waals surface area (Å²) in [6.07, 6.45) is 5.16. The first-order valence-electron chi connectivity index (χ1n) is 4.48. The van der Waals surface area contributed by atoms with E-state index >= 15 is 0 Å². The molecular formula is C10H19B.